The lowest BCUT2D eigenvalue weighted by Gasteiger charge is -2.09. The van der Waals surface area contributed by atoms with Crippen molar-refractivity contribution in [1.82, 2.24) is 14.8 Å². The highest BCUT2D eigenvalue weighted by atomic mass is 32.2. The van der Waals surface area contributed by atoms with Crippen LogP contribution in [0.2, 0.25) is 0 Å². The summed E-state index contributed by atoms with van der Waals surface area (Å²) in [5.41, 5.74) is 2.97. The first-order chi connectivity index (χ1) is 17.4. The van der Waals surface area contributed by atoms with E-state index in [9.17, 15) is 14.9 Å². The number of nitrogens with zero attached hydrogens (tertiary/aromatic N) is 4. The third-order valence-electron chi connectivity index (χ3n) is 5.14. The molecular formula is C25H28N6O3S2. The van der Waals surface area contributed by atoms with Crippen molar-refractivity contribution in [3.8, 4) is 6.07 Å². The Bertz CT molecular complexity index is 1270. The molecule has 0 unspecified atom stereocenters. The number of carbonyl (C=O) groups is 2. The van der Waals surface area contributed by atoms with Gasteiger partial charge in [0.25, 0.3) is 0 Å². The summed E-state index contributed by atoms with van der Waals surface area (Å²) in [6.45, 7) is 10.5. The van der Waals surface area contributed by atoms with Gasteiger partial charge in [0.15, 0.2) is 11.0 Å². The van der Waals surface area contributed by atoms with Crippen LogP contribution in [0.5, 0.6) is 0 Å². The Hall–Kier alpha value is -3.62. The molecule has 0 spiro atoms. The minimum absolute atomic E-state index is 0.194. The number of aryl methyl sites for hydroxylation is 1. The lowest BCUT2D eigenvalue weighted by Crippen LogP contribution is -2.12. The van der Waals surface area contributed by atoms with Gasteiger partial charge >= 0.3 is 5.97 Å². The van der Waals surface area contributed by atoms with Gasteiger partial charge in [0, 0.05) is 24.4 Å². The van der Waals surface area contributed by atoms with Gasteiger partial charge in [-0.05, 0) is 38.5 Å². The van der Waals surface area contributed by atoms with Crippen molar-refractivity contribution < 1.29 is 14.3 Å². The van der Waals surface area contributed by atoms with Gasteiger partial charge in [-0.3, -0.25) is 4.79 Å². The van der Waals surface area contributed by atoms with Crippen molar-refractivity contribution >= 4 is 45.7 Å². The number of thioether (sulfide) groups is 1. The Morgan fingerprint density at radius 3 is 2.69 bits per heavy atom. The van der Waals surface area contributed by atoms with E-state index in [1.165, 1.54) is 17.3 Å². The van der Waals surface area contributed by atoms with Crippen molar-refractivity contribution in [3.63, 3.8) is 0 Å². The molecule has 9 nitrogen and oxygen atoms in total. The topological polar surface area (TPSA) is 122 Å². The summed E-state index contributed by atoms with van der Waals surface area (Å²) in [5.74, 6) is 0.471. The van der Waals surface area contributed by atoms with Crippen LogP contribution >= 0.6 is 23.1 Å². The minimum atomic E-state index is -0.498. The van der Waals surface area contributed by atoms with Gasteiger partial charge < -0.3 is 19.9 Å². The van der Waals surface area contributed by atoms with Crippen molar-refractivity contribution in [2.45, 2.75) is 45.4 Å². The molecule has 0 bridgehead atoms. The predicted octanol–water partition coefficient (Wildman–Crippen LogP) is 4.92. The number of benzene rings is 1. The quantitative estimate of drug-likeness (QED) is 0.194. The lowest BCUT2D eigenvalue weighted by molar-refractivity contribution is -0.115. The molecule has 0 aliphatic carbocycles. The van der Waals surface area contributed by atoms with E-state index in [1.54, 1.807) is 19.9 Å². The number of allylic oxidation sites excluding steroid dienone is 1. The van der Waals surface area contributed by atoms with Crippen LogP contribution in [0.25, 0.3) is 0 Å². The van der Waals surface area contributed by atoms with E-state index >= 15 is 0 Å². The molecule has 2 heterocycles. The number of carbonyl (C=O) groups excluding carboxylic acids is 2. The largest absolute Gasteiger partial charge is 0.462 e. The molecule has 3 rings (SSSR count). The number of amides is 1. The molecule has 3 aromatic rings. The Morgan fingerprint density at radius 2 is 2.03 bits per heavy atom. The number of anilines is 2. The summed E-state index contributed by atoms with van der Waals surface area (Å²) >= 11 is 2.47. The summed E-state index contributed by atoms with van der Waals surface area (Å²) in [6.07, 6.45) is 1.97. The molecule has 1 aromatic carbocycles. The number of nitrogens with one attached hydrogen (secondary N) is 2. The second-order valence-electron chi connectivity index (χ2n) is 7.76. The number of hydrogen-bond acceptors (Lipinski definition) is 9. The summed E-state index contributed by atoms with van der Waals surface area (Å²) in [7, 11) is 0. The molecule has 0 saturated heterocycles. The molecule has 1 amide bonds. The third kappa shape index (κ3) is 6.74. The van der Waals surface area contributed by atoms with Crippen molar-refractivity contribution in [3.05, 3.63) is 64.3 Å². The van der Waals surface area contributed by atoms with Crippen LogP contribution in [0.3, 0.4) is 0 Å². The first-order valence-corrected chi connectivity index (χ1v) is 13.1. The van der Waals surface area contributed by atoms with Gasteiger partial charge in [0.1, 0.15) is 15.9 Å². The van der Waals surface area contributed by atoms with E-state index in [0.717, 1.165) is 22.8 Å². The fourth-order valence-electron chi connectivity index (χ4n) is 3.27. The smallest absolute Gasteiger partial charge is 0.348 e. The highest BCUT2D eigenvalue weighted by molar-refractivity contribution is 7.99. The van der Waals surface area contributed by atoms with Crippen LogP contribution in [-0.2, 0) is 22.6 Å². The normalized spacial score (nSPS) is 10.5. The van der Waals surface area contributed by atoms with Crippen LogP contribution in [0.15, 0.2) is 42.1 Å². The third-order valence-corrected chi connectivity index (χ3v) is 7.30. The van der Waals surface area contributed by atoms with E-state index in [0.29, 0.717) is 39.4 Å². The fourth-order valence-corrected chi connectivity index (χ4v) is 5.24. The van der Waals surface area contributed by atoms with Crippen molar-refractivity contribution in [2.75, 3.05) is 23.0 Å². The van der Waals surface area contributed by atoms with E-state index in [1.807, 2.05) is 35.8 Å². The Kier molecular flexibility index (Phi) is 9.67. The number of hydrogen-bond donors (Lipinski definition) is 2. The van der Waals surface area contributed by atoms with Gasteiger partial charge in [-0.25, -0.2) is 4.79 Å². The lowest BCUT2D eigenvalue weighted by atomic mass is 10.2. The minimum Gasteiger partial charge on any atom is -0.462 e. The first kappa shape index (κ1) is 27.0. The van der Waals surface area contributed by atoms with E-state index in [2.05, 4.69) is 33.5 Å². The zero-order chi connectivity index (χ0) is 26.1. The second-order valence-corrected chi connectivity index (χ2v) is 9.84. The number of thiophene rings is 1. The summed E-state index contributed by atoms with van der Waals surface area (Å²) in [5, 5.41) is 25.2. The summed E-state index contributed by atoms with van der Waals surface area (Å²) < 4.78 is 7.00. The van der Waals surface area contributed by atoms with Crippen LogP contribution in [0.4, 0.5) is 10.7 Å². The summed E-state index contributed by atoms with van der Waals surface area (Å²) in [4.78, 5) is 25.0. The van der Waals surface area contributed by atoms with E-state index < -0.39 is 5.97 Å². The molecule has 11 heteroatoms. The van der Waals surface area contributed by atoms with Gasteiger partial charge in [-0.2, -0.15) is 5.26 Å². The van der Waals surface area contributed by atoms with Crippen LogP contribution in [0.1, 0.15) is 45.5 Å². The highest BCUT2D eigenvalue weighted by Gasteiger charge is 2.22. The first-order valence-electron chi connectivity index (χ1n) is 11.3. The highest BCUT2D eigenvalue weighted by Crippen LogP contribution is 2.33. The van der Waals surface area contributed by atoms with Crippen LogP contribution in [0, 0.1) is 25.2 Å². The maximum atomic E-state index is 12.6. The monoisotopic (exact) mass is 524 g/mol. The standard InChI is InChI=1S/C25H28N6O3S2/c1-5-12-31-20(15-27-18-9-7-16(3)8-10-18)29-30-25(31)35-13-11-21(32)28-23-19(14-26)17(4)22(36-23)24(33)34-6-2/h5,7-10,27H,1,6,11-13,15H2,2-4H3,(H,28,32). The number of aromatic nitrogens is 3. The second kappa shape index (κ2) is 12.9. The molecule has 0 aliphatic rings. The SMILES string of the molecule is C=CCn1c(CNc2ccc(C)cc2)nnc1SCCC(=O)Nc1sc(C(=O)OCC)c(C)c1C#N. The number of ether oxygens (including phenoxy) is 1. The van der Waals surface area contributed by atoms with Gasteiger partial charge in [-0.1, -0.05) is 35.5 Å². The average Bonchev–Trinajstić information content (AvgIpc) is 3.38. The predicted molar refractivity (Wildman–Crippen MR) is 142 cm³/mol. The molecular weight excluding hydrogens is 496 g/mol. The number of rotatable bonds is 12. The van der Waals surface area contributed by atoms with Gasteiger partial charge in [0.05, 0.1) is 18.7 Å². The van der Waals surface area contributed by atoms with E-state index in [4.69, 9.17) is 4.74 Å². The Morgan fingerprint density at radius 1 is 1.28 bits per heavy atom. The Labute approximate surface area is 218 Å². The van der Waals surface area contributed by atoms with Crippen molar-refractivity contribution in [2.24, 2.45) is 0 Å². The van der Waals surface area contributed by atoms with Crippen LogP contribution < -0.4 is 10.6 Å². The Balaban J connectivity index is 1.59. The van der Waals surface area contributed by atoms with Gasteiger partial charge in [0.2, 0.25) is 5.91 Å². The van der Waals surface area contributed by atoms with Gasteiger partial charge in [-0.15, -0.1) is 28.1 Å². The maximum Gasteiger partial charge on any atom is 0.348 e. The molecule has 36 heavy (non-hydrogen) atoms. The average molecular weight is 525 g/mol. The maximum absolute atomic E-state index is 12.6. The fraction of sp³-hybridized carbons (Fsp3) is 0.320. The molecule has 0 aliphatic heterocycles. The molecule has 0 fully saturated rings. The molecule has 0 radical (unpaired) electrons. The molecule has 0 atom stereocenters. The molecule has 2 aromatic heterocycles. The molecule has 188 valence electrons. The van der Waals surface area contributed by atoms with Crippen molar-refractivity contribution in [1.29, 1.82) is 5.26 Å². The van der Waals surface area contributed by atoms with Crippen LogP contribution in [-0.4, -0.2) is 39.0 Å². The van der Waals surface area contributed by atoms with E-state index in [-0.39, 0.29) is 24.5 Å². The molecule has 2 N–H and O–H groups in total. The number of esters is 1. The zero-order valence-corrected chi connectivity index (χ0v) is 22.1. The number of nitriles is 1. The molecule has 0 saturated carbocycles. The zero-order valence-electron chi connectivity index (χ0n) is 20.5. The summed E-state index contributed by atoms with van der Waals surface area (Å²) in [6, 6.07) is 10.2.